The SMILES string of the molecule is CCOc1cc(CO)ccc1OCc1ccc(C)cc1. The maximum atomic E-state index is 9.16. The van der Waals surface area contributed by atoms with Gasteiger partial charge in [-0.05, 0) is 37.1 Å². The highest BCUT2D eigenvalue weighted by molar-refractivity contribution is 5.43. The first-order valence-electron chi connectivity index (χ1n) is 6.78. The second kappa shape index (κ2) is 6.96. The summed E-state index contributed by atoms with van der Waals surface area (Å²) < 4.78 is 11.4. The standard InChI is InChI=1S/C17H20O3/c1-3-19-17-10-15(11-18)8-9-16(17)20-12-14-6-4-13(2)5-7-14/h4-10,18H,3,11-12H2,1-2H3. The van der Waals surface area contributed by atoms with E-state index in [-0.39, 0.29) is 6.61 Å². The highest BCUT2D eigenvalue weighted by atomic mass is 16.5. The van der Waals surface area contributed by atoms with Crippen LogP contribution >= 0.6 is 0 Å². The fourth-order valence-corrected chi connectivity index (χ4v) is 1.88. The summed E-state index contributed by atoms with van der Waals surface area (Å²) in [4.78, 5) is 0. The molecule has 0 spiro atoms. The monoisotopic (exact) mass is 272 g/mol. The molecule has 0 heterocycles. The van der Waals surface area contributed by atoms with E-state index >= 15 is 0 Å². The number of rotatable bonds is 6. The first kappa shape index (κ1) is 14.4. The Morgan fingerprint density at radius 2 is 1.60 bits per heavy atom. The van der Waals surface area contributed by atoms with E-state index in [1.165, 1.54) is 5.56 Å². The van der Waals surface area contributed by atoms with Crippen LogP contribution in [0.25, 0.3) is 0 Å². The largest absolute Gasteiger partial charge is 0.490 e. The van der Waals surface area contributed by atoms with Gasteiger partial charge in [0, 0.05) is 0 Å². The summed E-state index contributed by atoms with van der Waals surface area (Å²) in [6.07, 6.45) is 0. The number of aliphatic hydroxyl groups is 1. The number of ether oxygens (including phenoxy) is 2. The van der Waals surface area contributed by atoms with Crippen molar-refractivity contribution in [2.45, 2.75) is 27.1 Å². The van der Waals surface area contributed by atoms with Gasteiger partial charge in [0.1, 0.15) is 6.61 Å². The maximum absolute atomic E-state index is 9.16. The molecule has 0 unspecified atom stereocenters. The van der Waals surface area contributed by atoms with Crippen molar-refractivity contribution in [3.05, 3.63) is 59.2 Å². The molecule has 106 valence electrons. The summed E-state index contributed by atoms with van der Waals surface area (Å²) in [5.41, 5.74) is 3.16. The predicted molar refractivity (Wildman–Crippen MR) is 79.0 cm³/mol. The fourth-order valence-electron chi connectivity index (χ4n) is 1.88. The summed E-state index contributed by atoms with van der Waals surface area (Å²) in [5.74, 6) is 1.37. The Morgan fingerprint density at radius 1 is 0.900 bits per heavy atom. The molecule has 0 fully saturated rings. The Kier molecular flexibility index (Phi) is 5.02. The Morgan fingerprint density at radius 3 is 2.25 bits per heavy atom. The van der Waals surface area contributed by atoms with Crippen molar-refractivity contribution < 1.29 is 14.6 Å². The van der Waals surface area contributed by atoms with Crippen LogP contribution in [0, 0.1) is 6.92 Å². The van der Waals surface area contributed by atoms with Crippen molar-refractivity contribution in [1.29, 1.82) is 0 Å². The van der Waals surface area contributed by atoms with Crippen LogP contribution in [0.2, 0.25) is 0 Å². The van der Waals surface area contributed by atoms with Gasteiger partial charge in [-0.25, -0.2) is 0 Å². The molecule has 0 bridgehead atoms. The summed E-state index contributed by atoms with van der Waals surface area (Å²) >= 11 is 0. The highest BCUT2D eigenvalue weighted by Crippen LogP contribution is 2.29. The molecular formula is C17H20O3. The third kappa shape index (κ3) is 3.75. The minimum absolute atomic E-state index is 0.00167. The molecule has 2 aromatic carbocycles. The van der Waals surface area contributed by atoms with E-state index in [0.717, 1.165) is 11.1 Å². The molecule has 0 amide bonds. The van der Waals surface area contributed by atoms with Crippen LogP contribution in [0.1, 0.15) is 23.6 Å². The van der Waals surface area contributed by atoms with Crippen molar-refractivity contribution in [1.82, 2.24) is 0 Å². The van der Waals surface area contributed by atoms with Crippen molar-refractivity contribution in [2.75, 3.05) is 6.61 Å². The van der Waals surface area contributed by atoms with E-state index in [9.17, 15) is 0 Å². The summed E-state index contributed by atoms with van der Waals surface area (Å²) in [6.45, 7) is 5.05. The molecule has 20 heavy (non-hydrogen) atoms. The van der Waals surface area contributed by atoms with Crippen LogP contribution in [-0.2, 0) is 13.2 Å². The predicted octanol–water partition coefficient (Wildman–Crippen LogP) is 3.47. The molecule has 0 aliphatic heterocycles. The molecule has 0 aliphatic rings. The average molecular weight is 272 g/mol. The second-order valence-corrected chi connectivity index (χ2v) is 4.65. The topological polar surface area (TPSA) is 38.7 Å². The zero-order chi connectivity index (χ0) is 14.4. The quantitative estimate of drug-likeness (QED) is 0.875. The lowest BCUT2D eigenvalue weighted by Gasteiger charge is -2.13. The zero-order valence-electron chi connectivity index (χ0n) is 11.9. The average Bonchev–Trinajstić information content (AvgIpc) is 2.48. The lowest BCUT2D eigenvalue weighted by molar-refractivity contribution is 0.264. The second-order valence-electron chi connectivity index (χ2n) is 4.65. The Balaban J connectivity index is 2.09. The molecule has 2 rings (SSSR count). The third-order valence-electron chi connectivity index (χ3n) is 3.01. The first-order chi connectivity index (χ1) is 9.72. The third-order valence-corrected chi connectivity index (χ3v) is 3.01. The van der Waals surface area contributed by atoms with Gasteiger partial charge < -0.3 is 14.6 Å². The van der Waals surface area contributed by atoms with Crippen LogP contribution in [0.3, 0.4) is 0 Å². The van der Waals surface area contributed by atoms with Crippen LogP contribution in [0.4, 0.5) is 0 Å². The van der Waals surface area contributed by atoms with Gasteiger partial charge in [0.05, 0.1) is 13.2 Å². The molecule has 0 saturated heterocycles. The lowest BCUT2D eigenvalue weighted by atomic mass is 10.1. The van der Waals surface area contributed by atoms with Gasteiger partial charge in [-0.15, -0.1) is 0 Å². The highest BCUT2D eigenvalue weighted by Gasteiger charge is 2.06. The molecule has 1 N–H and O–H groups in total. The number of hydrogen-bond donors (Lipinski definition) is 1. The lowest BCUT2D eigenvalue weighted by Crippen LogP contribution is -2.00. The van der Waals surface area contributed by atoms with E-state index < -0.39 is 0 Å². The number of benzene rings is 2. The van der Waals surface area contributed by atoms with Gasteiger partial charge in [-0.3, -0.25) is 0 Å². The summed E-state index contributed by atoms with van der Waals surface area (Å²) in [7, 11) is 0. The van der Waals surface area contributed by atoms with Crippen molar-refractivity contribution in [3.8, 4) is 11.5 Å². The van der Waals surface area contributed by atoms with Gasteiger partial charge in [-0.2, -0.15) is 0 Å². The smallest absolute Gasteiger partial charge is 0.161 e. The van der Waals surface area contributed by atoms with E-state index in [1.54, 1.807) is 0 Å². The van der Waals surface area contributed by atoms with Crippen LogP contribution in [0.5, 0.6) is 11.5 Å². The van der Waals surface area contributed by atoms with E-state index in [2.05, 4.69) is 31.2 Å². The first-order valence-corrected chi connectivity index (χ1v) is 6.78. The Hall–Kier alpha value is -2.00. The summed E-state index contributed by atoms with van der Waals surface area (Å²) in [6, 6.07) is 13.7. The van der Waals surface area contributed by atoms with E-state index in [0.29, 0.717) is 24.7 Å². The van der Waals surface area contributed by atoms with Crippen molar-refractivity contribution in [3.63, 3.8) is 0 Å². The molecular weight excluding hydrogens is 252 g/mol. The number of hydrogen-bond acceptors (Lipinski definition) is 3. The van der Waals surface area contributed by atoms with E-state index in [1.807, 2.05) is 25.1 Å². The zero-order valence-corrected chi connectivity index (χ0v) is 11.9. The van der Waals surface area contributed by atoms with Crippen molar-refractivity contribution in [2.24, 2.45) is 0 Å². The fraction of sp³-hybridized carbons (Fsp3) is 0.294. The van der Waals surface area contributed by atoms with Crippen LogP contribution < -0.4 is 9.47 Å². The normalized spacial score (nSPS) is 10.3. The summed E-state index contributed by atoms with van der Waals surface area (Å²) in [5, 5.41) is 9.16. The van der Waals surface area contributed by atoms with Crippen LogP contribution in [-0.4, -0.2) is 11.7 Å². The van der Waals surface area contributed by atoms with Gasteiger partial charge in [0.15, 0.2) is 11.5 Å². The molecule has 0 radical (unpaired) electrons. The van der Waals surface area contributed by atoms with Gasteiger partial charge in [0.25, 0.3) is 0 Å². The maximum Gasteiger partial charge on any atom is 0.161 e. The number of aryl methyl sites for hydroxylation is 1. The minimum Gasteiger partial charge on any atom is -0.490 e. The Labute approximate surface area is 119 Å². The van der Waals surface area contributed by atoms with Gasteiger partial charge in [-0.1, -0.05) is 35.9 Å². The molecule has 0 aliphatic carbocycles. The van der Waals surface area contributed by atoms with E-state index in [4.69, 9.17) is 14.6 Å². The molecule has 3 heteroatoms. The number of aliphatic hydroxyl groups excluding tert-OH is 1. The molecule has 0 aromatic heterocycles. The molecule has 3 nitrogen and oxygen atoms in total. The molecule has 2 aromatic rings. The minimum atomic E-state index is -0.00167. The molecule has 0 atom stereocenters. The van der Waals surface area contributed by atoms with Gasteiger partial charge >= 0.3 is 0 Å². The Bertz CT molecular complexity index is 547. The van der Waals surface area contributed by atoms with Crippen molar-refractivity contribution >= 4 is 0 Å². The van der Waals surface area contributed by atoms with Crippen LogP contribution in [0.15, 0.2) is 42.5 Å². The van der Waals surface area contributed by atoms with Gasteiger partial charge in [0.2, 0.25) is 0 Å². The molecule has 0 saturated carbocycles.